The number of carbonyl (C=O) groups excluding carboxylic acids is 1. The van der Waals surface area contributed by atoms with Crippen molar-refractivity contribution >= 4 is 5.91 Å². The normalized spacial score (nSPS) is 10.1. The van der Waals surface area contributed by atoms with Gasteiger partial charge in [-0.3, -0.25) is 4.79 Å². The van der Waals surface area contributed by atoms with Gasteiger partial charge in [0, 0.05) is 0 Å². The summed E-state index contributed by atoms with van der Waals surface area (Å²) in [5.41, 5.74) is 0.659. The summed E-state index contributed by atoms with van der Waals surface area (Å²) in [5.74, 6) is 0.293. The van der Waals surface area contributed by atoms with Gasteiger partial charge in [0.1, 0.15) is 18.2 Å². The number of nitrogens with one attached hydrogen (secondary N) is 1. The van der Waals surface area contributed by atoms with E-state index in [2.05, 4.69) is 5.32 Å². The summed E-state index contributed by atoms with van der Waals surface area (Å²) in [4.78, 5) is 11.6. The van der Waals surface area contributed by atoms with Crippen molar-refractivity contribution in [3.63, 3.8) is 0 Å². The van der Waals surface area contributed by atoms with Crippen LogP contribution in [-0.2, 0) is 11.2 Å². The zero-order valence-electron chi connectivity index (χ0n) is 11.0. The molecule has 0 heterocycles. The first-order chi connectivity index (χ1) is 9.74. The van der Waals surface area contributed by atoms with Crippen LogP contribution in [0.5, 0.6) is 5.75 Å². The minimum Gasteiger partial charge on any atom is -0.492 e. The molecule has 4 heteroatoms. The van der Waals surface area contributed by atoms with E-state index in [1.165, 1.54) is 12.1 Å². The first-order valence-corrected chi connectivity index (χ1v) is 6.43. The number of hydrogen-bond donors (Lipinski definition) is 1. The lowest BCUT2D eigenvalue weighted by molar-refractivity contribution is -0.120. The molecule has 0 bridgehead atoms. The maximum Gasteiger partial charge on any atom is 0.224 e. The molecule has 0 unspecified atom stereocenters. The first kappa shape index (κ1) is 14.1. The van der Waals surface area contributed by atoms with E-state index in [0.717, 1.165) is 5.75 Å². The summed E-state index contributed by atoms with van der Waals surface area (Å²) in [6.07, 6.45) is 0.170. The second kappa shape index (κ2) is 7.28. The SMILES string of the molecule is O=C(Cc1cccc(F)c1)NCCOc1ccccc1. The molecule has 2 aromatic carbocycles. The minimum atomic E-state index is -0.331. The van der Waals surface area contributed by atoms with Crippen LogP contribution in [0.4, 0.5) is 4.39 Å². The first-order valence-electron chi connectivity index (χ1n) is 6.43. The molecule has 0 aliphatic carbocycles. The molecular weight excluding hydrogens is 257 g/mol. The molecule has 0 aliphatic heterocycles. The summed E-state index contributed by atoms with van der Waals surface area (Å²) in [7, 11) is 0. The number of rotatable bonds is 6. The zero-order valence-corrected chi connectivity index (χ0v) is 11.0. The topological polar surface area (TPSA) is 38.3 Å². The van der Waals surface area contributed by atoms with E-state index in [-0.39, 0.29) is 18.1 Å². The Morgan fingerprint density at radius 1 is 1.10 bits per heavy atom. The van der Waals surface area contributed by atoms with E-state index in [1.54, 1.807) is 12.1 Å². The number of amides is 1. The Kier molecular flexibility index (Phi) is 5.12. The Bertz CT molecular complexity index is 557. The number of hydrogen-bond acceptors (Lipinski definition) is 2. The summed E-state index contributed by atoms with van der Waals surface area (Å²) in [6, 6.07) is 15.4. The summed E-state index contributed by atoms with van der Waals surface area (Å²) in [6.45, 7) is 0.821. The van der Waals surface area contributed by atoms with Gasteiger partial charge in [0.05, 0.1) is 13.0 Å². The van der Waals surface area contributed by atoms with Gasteiger partial charge in [0.2, 0.25) is 5.91 Å². The van der Waals surface area contributed by atoms with Gasteiger partial charge in [-0.25, -0.2) is 4.39 Å². The molecule has 2 rings (SSSR count). The standard InChI is InChI=1S/C16H16FNO2/c17-14-6-4-5-13(11-14)12-16(19)18-9-10-20-15-7-2-1-3-8-15/h1-8,11H,9-10,12H2,(H,18,19). The third kappa shape index (κ3) is 4.72. The van der Waals surface area contributed by atoms with E-state index in [0.29, 0.717) is 18.7 Å². The molecule has 0 saturated heterocycles. The van der Waals surface area contributed by atoms with Crippen LogP contribution in [0.2, 0.25) is 0 Å². The van der Waals surface area contributed by atoms with Crippen molar-refractivity contribution in [2.24, 2.45) is 0 Å². The number of ether oxygens (including phenoxy) is 1. The van der Waals surface area contributed by atoms with Gasteiger partial charge in [-0.15, -0.1) is 0 Å². The van der Waals surface area contributed by atoms with Gasteiger partial charge in [-0.2, -0.15) is 0 Å². The van der Waals surface area contributed by atoms with Crippen molar-refractivity contribution < 1.29 is 13.9 Å². The molecule has 104 valence electrons. The molecule has 0 aliphatic rings. The highest BCUT2D eigenvalue weighted by Gasteiger charge is 2.03. The quantitative estimate of drug-likeness (QED) is 0.821. The molecule has 0 radical (unpaired) electrons. The van der Waals surface area contributed by atoms with Crippen LogP contribution in [0, 0.1) is 5.82 Å². The Labute approximate surface area is 117 Å². The lowest BCUT2D eigenvalue weighted by Crippen LogP contribution is -2.29. The molecular formula is C16H16FNO2. The van der Waals surface area contributed by atoms with Crippen LogP contribution in [0.15, 0.2) is 54.6 Å². The predicted molar refractivity (Wildman–Crippen MR) is 75.1 cm³/mol. The number of carbonyl (C=O) groups is 1. The van der Waals surface area contributed by atoms with E-state index >= 15 is 0 Å². The smallest absolute Gasteiger partial charge is 0.224 e. The summed E-state index contributed by atoms with van der Waals surface area (Å²) < 4.78 is 18.4. The van der Waals surface area contributed by atoms with E-state index < -0.39 is 0 Å². The molecule has 0 saturated carbocycles. The van der Waals surface area contributed by atoms with Gasteiger partial charge in [-0.05, 0) is 29.8 Å². The number of benzene rings is 2. The van der Waals surface area contributed by atoms with Gasteiger partial charge < -0.3 is 10.1 Å². The van der Waals surface area contributed by atoms with Crippen molar-refractivity contribution in [1.29, 1.82) is 0 Å². The Hall–Kier alpha value is -2.36. The van der Waals surface area contributed by atoms with Crippen LogP contribution in [-0.4, -0.2) is 19.1 Å². The van der Waals surface area contributed by atoms with Crippen molar-refractivity contribution in [1.82, 2.24) is 5.32 Å². The maximum absolute atomic E-state index is 13.0. The highest BCUT2D eigenvalue weighted by Crippen LogP contribution is 2.07. The van der Waals surface area contributed by atoms with Gasteiger partial charge >= 0.3 is 0 Å². The Balaban J connectivity index is 1.68. The monoisotopic (exact) mass is 273 g/mol. The van der Waals surface area contributed by atoms with Gasteiger partial charge in [0.25, 0.3) is 0 Å². The Morgan fingerprint density at radius 2 is 1.90 bits per heavy atom. The maximum atomic E-state index is 13.0. The Morgan fingerprint density at radius 3 is 2.65 bits per heavy atom. The highest BCUT2D eigenvalue weighted by atomic mass is 19.1. The fourth-order valence-corrected chi connectivity index (χ4v) is 1.77. The van der Waals surface area contributed by atoms with E-state index in [1.807, 2.05) is 30.3 Å². The highest BCUT2D eigenvalue weighted by molar-refractivity contribution is 5.78. The average Bonchev–Trinajstić information content (AvgIpc) is 2.45. The van der Waals surface area contributed by atoms with Crippen molar-refractivity contribution in [3.05, 3.63) is 66.0 Å². The molecule has 0 fully saturated rings. The predicted octanol–water partition coefficient (Wildman–Crippen LogP) is 2.56. The molecule has 1 amide bonds. The second-order valence-electron chi connectivity index (χ2n) is 4.32. The molecule has 0 spiro atoms. The van der Waals surface area contributed by atoms with Gasteiger partial charge in [0.15, 0.2) is 0 Å². The van der Waals surface area contributed by atoms with Gasteiger partial charge in [-0.1, -0.05) is 30.3 Å². The molecule has 20 heavy (non-hydrogen) atoms. The lowest BCUT2D eigenvalue weighted by atomic mass is 10.1. The number of para-hydroxylation sites is 1. The summed E-state index contributed by atoms with van der Waals surface area (Å²) in [5, 5.41) is 2.73. The molecule has 2 aromatic rings. The van der Waals surface area contributed by atoms with Crippen LogP contribution >= 0.6 is 0 Å². The minimum absolute atomic E-state index is 0.146. The molecule has 1 N–H and O–H groups in total. The fraction of sp³-hybridized carbons (Fsp3) is 0.188. The zero-order chi connectivity index (χ0) is 14.2. The summed E-state index contributed by atoms with van der Waals surface area (Å²) >= 11 is 0. The second-order valence-corrected chi connectivity index (χ2v) is 4.32. The number of halogens is 1. The third-order valence-electron chi connectivity index (χ3n) is 2.69. The third-order valence-corrected chi connectivity index (χ3v) is 2.69. The van der Waals surface area contributed by atoms with Crippen molar-refractivity contribution in [3.8, 4) is 5.75 Å². The van der Waals surface area contributed by atoms with E-state index in [9.17, 15) is 9.18 Å². The fourth-order valence-electron chi connectivity index (χ4n) is 1.77. The van der Waals surface area contributed by atoms with Crippen LogP contribution in [0.25, 0.3) is 0 Å². The molecule has 0 aromatic heterocycles. The lowest BCUT2D eigenvalue weighted by Gasteiger charge is -2.07. The molecule has 0 atom stereocenters. The largest absolute Gasteiger partial charge is 0.492 e. The van der Waals surface area contributed by atoms with Crippen LogP contribution < -0.4 is 10.1 Å². The molecule has 3 nitrogen and oxygen atoms in total. The van der Waals surface area contributed by atoms with Crippen molar-refractivity contribution in [2.45, 2.75) is 6.42 Å². The van der Waals surface area contributed by atoms with Crippen LogP contribution in [0.1, 0.15) is 5.56 Å². The van der Waals surface area contributed by atoms with Crippen LogP contribution in [0.3, 0.4) is 0 Å². The average molecular weight is 273 g/mol. The van der Waals surface area contributed by atoms with E-state index in [4.69, 9.17) is 4.74 Å². The van der Waals surface area contributed by atoms with Crippen molar-refractivity contribution in [2.75, 3.05) is 13.2 Å².